The van der Waals surface area contributed by atoms with Crippen LogP contribution in [0.15, 0.2) is 0 Å². The number of aliphatic hydroxyl groups excluding tert-OH is 1. The lowest BCUT2D eigenvalue weighted by atomic mass is 9.96. The zero-order valence-electron chi connectivity index (χ0n) is 6.95. The summed E-state index contributed by atoms with van der Waals surface area (Å²) >= 11 is 0. The normalized spacial score (nSPS) is 28.8. The van der Waals surface area contributed by atoms with Gasteiger partial charge in [0.15, 0.2) is 0 Å². The van der Waals surface area contributed by atoms with E-state index in [2.05, 4.69) is 10.1 Å². The number of ether oxygens (including phenoxy) is 1. The highest BCUT2D eigenvalue weighted by Gasteiger charge is 2.29. The lowest BCUT2D eigenvalue weighted by Crippen LogP contribution is -2.44. The minimum Gasteiger partial charge on any atom is -0.469 e. The van der Waals surface area contributed by atoms with E-state index in [1.165, 1.54) is 7.11 Å². The Balaban J connectivity index is 0.00000121. The first kappa shape index (κ1) is 11.7. The van der Waals surface area contributed by atoms with Gasteiger partial charge < -0.3 is 15.2 Å². The van der Waals surface area contributed by atoms with Crippen LogP contribution in [0.1, 0.15) is 6.42 Å². The van der Waals surface area contributed by atoms with Crippen molar-refractivity contribution in [2.24, 2.45) is 5.92 Å². The van der Waals surface area contributed by atoms with E-state index in [1.54, 1.807) is 0 Å². The molecule has 1 rings (SSSR count). The molecule has 12 heavy (non-hydrogen) atoms. The molecule has 0 amide bonds. The summed E-state index contributed by atoms with van der Waals surface area (Å²) < 4.78 is 4.52. The topological polar surface area (TPSA) is 58.6 Å². The number of carbonyl (C=O) groups excluding carboxylic acids is 1. The number of methoxy groups -OCH3 is 1. The first-order valence-electron chi connectivity index (χ1n) is 3.72. The van der Waals surface area contributed by atoms with E-state index in [0.717, 1.165) is 6.54 Å². The van der Waals surface area contributed by atoms with Crippen molar-refractivity contribution in [1.82, 2.24) is 5.32 Å². The minimum absolute atomic E-state index is 0. The molecule has 1 fully saturated rings. The van der Waals surface area contributed by atoms with Crippen LogP contribution in [0.4, 0.5) is 0 Å². The maximum atomic E-state index is 11.0. The number of piperidine rings is 1. The monoisotopic (exact) mass is 195 g/mol. The molecule has 0 aromatic rings. The van der Waals surface area contributed by atoms with Gasteiger partial charge in [0.05, 0.1) is 19.1 Å². The molecule has 0 bridgehead atoms. The Labute approximate surface area is 77.7 Å². The summed E-state index contributed by atoms with van der Waals surface area (Å²) in [5.41, 5.74) is 0. The Bertz CT molecular complexity index is 154. The predicted octanol–water partition coefficient (Wildman–Crippen LogP) is -0.448. The second kappa shape index (κ2) is 5.35. The highest BCUT2D eigenvalue weighted by molar-refractivity contribution is 5.85. The zero-order valence-corrected chi connectivity index (χ0v) is 7.76. The molecule has 1 aliphatic rings. The number of hydrogen-bond acceptors (Lipinski definition) is 4. The summed E-state index contributed by atoms with van der Waals surface area (Å²) in [5, 5.41) is 12.3. The molecule has 1 heterocycles. The van der Waals surface area contributed by atoms with Gasteiger partial charge in [-0.05, 0) is 13.0 Å². The Morgan fingerprint density at radius 3 is 2.83 bits per heavy atom. The summed E-state index contributed by atoms with van der Waals surface area (Å²) in [6, 6.07) is 0. The molecule has 2 N–H and O–H groups in total. The van der Waals surface area contributed by atoms with Crippen LogP contribution in [0, 0.1) is 5.92 Å². The Morgan fingerprint density at radius 1 is 1.67 bits per heavy atom. The second-order valence-electron chi connectivity index (χ2n) is 2.69. The largest absolute Gasteiger partial charge is 0.469 e. The number of carbonyl (C=O) groups is 1. The molecule has 0 aliphatic carbocycles. The van der Waals surface area contributed by atoms with Gasteiger partial charge in [0.25, 0.3) is 0 Å². The number of halogens is 1. The number of aliphatic hydroxyl groups is 1. The van der Waals surface area contributed by atoms with Crippen molar-refractivity contribution in [1.29, 1.82) is 0 Å². The van der Waals surface area contributed by atoms with Crippen molar-refractivity contribution < 1.29 is 14.6 Å². The van der Waals surface area contributed by atoms with Crippen LogP contribution in [0.3, 0.4) is 0 Å². The van der Waals surface area contributed by atoms with Gasteiger partial charge in [-0.2, -0.15) is 0 Å². The lowest BCUT2D eigenvalue weighted by Gasteiger charge is -2.25. The number of rotatable bonds is 1. The van der Waals surface area contributed by atoms with E-state index in [9.17, 15) is 9.90 Å². The van der Waals surface area contributed by atoms with Crippen LogP contribution in [-0.4, -0.2) is 37.4 Å². The van der Waals surface area contributed by atoms with Gasteiger partial charge in [0.2, 0.25) is 0 Å². The van der Waals surface area contributed by atoms with Gasteiger partial charge in [-0.15, -0.1) is 12.4 Å². The third-order valence-corrected chi connectivity index (χ3v) is 1.95. The minimum atomic E-state index is -0.538. The van der Waals surface area contributed by atoms with Gasteiger partial charge in [-0.1, -0.05) is 0 Å². The first-order valence-corrected chi connectivity index (χ1v) is 3.72. The summed E-state index contributed by atoms with van der Waals surface area (Å²) in [7, 11) is 1.34. The molecule has 1 aliphatic heterocycles. The number of esters is 1. The molecule has 2 atom stereocenters. The van der Waals surface area contributed by atoms with E-state index in [4.69, 9.17) is 0 Å². The molecule has 1 saturated heterocycles. The third-order valence-electron chi connectivity index (χ3n) is 1.95. The van der Waals surface area contributed by atoms with E-state index in [0.29, 0.717) is 13.0 Å². The molecule has 0 spiro atoms. The van der Waals surface area contributed by atoms with E-state index < -0.39 is 6.10 Å². The van der Waals surface area contributed by atoms with Crippen molar-refractivity contribution in [2.75, 3.05) is 20.2 Å². The molecular weight excluding hydrogens is 182 g/mol. The Hall–Kier alpha value is -0.320. The van der Waals surface area contributed by atoms with Crippen LogP contribution in [0.5, 0.6) is 0 Å². The van der Waals surface area contributed by atoms with Crippen molar-refractivity contribution >= 4 is 18.4 Å². The molecule has 0 radical (unpaired) electrons. The standard InChI is InChI=1S/C7H13NO3.ClH/c1-11-7(10)5-4-8-3-2-6(5)9;/h5-6,8-9H,2-4H2,1H3;1H/t5-,6+;/m0./s1. The zero-order chi connectivity index (χ0) is 8.27. The highest BCUT2D eigenvalue weighted by atomic mass is 35.5. The predicted molar refractivity (Wildman–Crippen MR) is 46.2 cm³/mol. The van der Waals surface area contributed by atoms with Crippen LogP contribution >= 0.6 is 12.4 Å². The molecule has 0 aromatic carbocycles. The van der Waals surface area contributed by atoms with E-state index >= 15 is 0 Å². The fourth-order valence-electron chi connectivity index (χ4n) is 1.24. The van der Waals surface area contributed by atoms with Crippen LogP contribution in [0.25, 0.3) is 0 Å². The Kier molecular flexibility index (Phi) is 5.20. The summed E-state index contributed by atoms with van der Waals surface area (Å²) in [5.74, 6) is -0.710. The van der Waals surface area contributed by atoms with Gasteiger partial charge in [0, 0.05) is 6.54 Å². The van der Waals surface area contributed by atoms with Gasteiger partial charge in [0.1, 0.15) is 0 Å². The summed E-state index contributed by atoms with van der Waals surface area (Å²) in [6.07, 6.45) is 0.0865. The van der Waals surface area contributed by atoms with Gasteiger partial charge in [-0.3, -0.25) is 4.79 Å². The molecule has 0 unspecified atom stereocenters. The highest BCUT2D eigenvalue weighted by Crippen LogP contribution is 2.11. The van der Waals surface area contributed by atoms with Crippen LogP contribution < -0.4 is 5.32 Å². The average molecular weight is 196 g/mol. The summed E-state index contributed by atoms with van der Waals surface area (Å²) in [4.78, 5) is 11.0. The van der Waals surface area contributed by atoms with Crippen molar-refractivity contribution in [3.05, 3.63) is 0 Å². The quantitative estimate of drug-likeness (QED) is 0.557. The number of nitrogens with one attached hydrogen (secondary N) is 1. The van der Waals surface area contributed by atoms with Crippen molar-refractivity contribution in [3.63, 3.8) is 0 Å². The smallest absolute Gasteiger partial charge is 0.312 e. The van der Waals surface area contributed by atoms with Crippen LogP contribution in [-0.2, 0) is 9.53 Å². The summed E-state index contributed by atoms with van der Waals surface area (Å²) in [6.45, 7) is 1.29. The molecule has 4 nitrogen and oxygen atoms in total. The molecule has 0 aromatic heterocycles. The van der Waals surface area contributed by atoms with Crippen molar-refractivity contribution in [2.45, 2.75) is 12.5 Å². The van der Waals surface area contributed by atoms with E-state index in [-0.39, 0.29) is 24.3 Å². The lowest BCUT2D eigenvalue weighted by molar-refractivity contribution is -0.150. The van der Waals surface area contributed by atoms with Crippen LogP contribution in [0.2, 0.25) is 0 Å². The first-order chi connectivity index (χ1) is 5.25. The maximum absolute atomic E-state index is 11.0. The fourth-order valence-corrected chi connectivity index (χ4v) is 1.24. The van der Waals surface area contributed by atoms with Gasteiger partial charge >= 0.3 is 5.97 Å². The third kappa shape index (κ3) is 2.62. The van der Waals surface area contributed by atoms with Gasteiger partial charge in [-0.25, -0.2) is 0 Å². The molecule has 72 valence electrons. The number of hydrogen-bond donors (Lipinski definition) is 2. The fraction of sp³-hybridized carbons (Fsp3) is 0.857. The maximum Gasteiger partial charge on any atom is 0.312 e. The SMILES string of the molecule is COC(=O)[C@H]1CNCC[C@H]1O.Cl. The second-order valence-corrected chi connectivity index (χ2v) is 2.69. The van der Waals surface area contributed by atoms with Crippen molar-refractivity contribution in [3.8, 4) is 0 Å². The van der Waals surface area contributed by atoms with E-state index in [1.807, 2.05) is 0 Å². The Morgan fingerprint density at radius 2 is 2.33 bits per heavy atom. The molecule has 5 heteroatoms. The molecular formula is C7H14ClNO3. The average Bonchev–Trinajstić information content (AvgIpc) is 2.04. The molecule has 0 saturated carbocycles.